The average molecular weight is 259 g/mol. The predicted molar refractivity (Wildman–Crippen MR) is 73.3 cm³/mol. The fraction of sp³-hybridized carbons (Fsp3) is 0.333. The molecule has 1 unspecified atom stereocenters. The summed E-state index contributed by atoms with van der Waals surface area (Å²) in [6, 6.07) is 6.82. The minimum absolute atomic E-state index is 0.0968. The Kier molecular flexibility index (Phi) is 4.58. The standard InChI is InChI=1S/C15H18FN3/c1-3-7-17-14(15-18-8-4-9-19-15)12-5-6-13(16)11(2)10-12/h4-6,8-10,14,17H,3,7H2,1-2H3. The summed E-state index contributed by atoms with van der Waals surface area (Å²) in [6.07, 6.45) is 4.46. The summed E-state index contributed by atoms with van der Waals surface area (Å²) >= 11 is 0. The van der Waals surface area contributed by atoms with Crippen molar-refractivity contribution in [3.63, 3.8) is 0 Å². The van der Waals surface area contributed by atoms with E-state index in [2.05, 4.69) is 22.2 Å². The van der Waals surface area contributed by atoms with Crippen LogP contribution in [0, 0.1) is 12.7 Å². The van der Waals surface area contributed by atoms with Crippen LogP contribution in [-0.4, -0.2) is 16.5 Å². The summed E-state index contributed by atoms with van der Waals surface area (Å²) in [5.41, 5.74) is 1.62. The monoisotopic (exact) mass is 259 g/mol. The molecule has 1 aromatic heterocycles. The van der Waals surface area contributed by atoms with E-state index in [9.17, 15) is 4.39 Å². The molecular formula is C15H18FN3. The first-order valence-electron chi connectivity index (χ1n) is 6.48. The van der Waals surface area contributed by atoms with E-state index in [1.165, 1.54) is 6.07 Å². The van der Waals surface area contributed by atoms with Gasteiger partial charge in [0.1, 0.15) is 11.6 Å². The molecule has 1 heterocycles. The lowest BCUT2D eigenvalue weighted by Crippen LogP contribution is -2.25. The van der Waals surface area contributed by atoms with Gasteiger partial charge >= 0.3 is 0 Å². The van der Waals surface area contributed by atoms with Crippen LogP contribution in [0.2, 0.25) is 0 Å². The van der Waals surface area contributed by atoms with Crippen molar-refractivity contribution in [3.05, 3.63) is 59.4 Å². The Balaban J connectivity index is 2.34. The summed E-state index contributed by atoms with van der Waals surface area (Å²) in [6.45, 7) is 4.73. The molecule has 1 aromatic carbocycles. The molecule has 0 saturated carbocycles. The molecule has 0 aliphatic heterocycles. The number of nitrogens with zero attached hydrogens (tertiary/aromatic N) is 2. The number of benzene rings is 1. The van der Waals surface area contributed by atoms with E-state index >= 15 is 0 Å². The van der Waals surface area contributed by atoms with Crippen LogP contribution in [-0.2, 0) is 0 Å². The van der Waals surface area contributed by atoms with Crippen LogP contribution in [0.1, 0.15) is 36.3 Å². The molecule has 0 aliphatic rings. The highest BCUT2D eigenvalue weighted by Gasteiger charge is 2.16. The molecule has 2 rings (SSSR count). The molecule has 100 valence electrons. The lowest BCUT2D eigenvalue weighted by molar-refractivity contribution is 0.567. The molecule has 0 fully saturated rings. The second-order valence-corrected chi connectivity index (χ2v) is 4.50. The fourth-order valence-corrected chi connectivity index (χ4v) is 1.95. The highest BCUT2D eigenvalue weighted by molar-refractivity contribution is 5.30. The van der Waals surface area contributed by atoms with Crippen LogP contribution in [0.5, 0.6) is 0 Å². The van der Waals surface area contributed by atoms with Gasteiger partial charge in [-0.1, -0.05) is 19.1 Å². The van der Waals surface area contributed by atoms with Gasteiger partial charge in [-0.25, -0.2) is 14.4 Å². The van der Waals surface area contributed by atoms with Crippen molar-refractivity contribution in [1.82, 2.24) is 15.3 Å². The zero-order valence-electron chi connectivity index (χ0n) is 11.2. The van der Waals surface area contributed by atoms with Gasteiger partial charge in [-0.15, -0.1) is 0 Å². The number of rotatable bonds is 5. The van der Waals surface area contributed by atoms with E-state index < -0.39 is 0 Å². The van der Waals surface area contributed by atoms with Gasteiger partial charge in [-0.05, 0) is 43.1 Å². The maximum absolute atomic E-state index is 13.4. The summed E-state index contributed by atoms with van der Waals surface area (Å²) in [5.74, 6) is 0.522. The topological polar surface area (TPSA) is 37.8 Å². The van der Waals surface area contributed by atoms with Gasteiger partial charge in [0.25, 0.3) is 0 Å². The average Bonchev–Trinajstić information content (AvgIpc) is 2.44. The van der Waals surface area contributed by atoms with Crippen molar-refractivity contribution in [2.24, 2.45) is 0 Å². The smallest absolute Gasteiger partial charge is 0.149 e. The Labute approximate surface area is 112 Å². The summed E-state index contributed by atoms with van der Waals surface area (Å²) in [7, 11) is 0. The molecule has 3 nitrogen and oxygen atoms in total. The van der Waals surface area contributed by atoms with E-state index in [0.717, 1.165) is 18.5 Å². The normalized spacial score (nSPS) is 12.4. The molecule has 0 amide bonds. The number of hydrogen-bond donors (Lipinski definition) is 1. The van der Waals surface area contributed by atoms with Crippen LogP contribution in [0.25, 0.3) is 0 Å². The Morgan fingerprint density at radius 2 is 2.00 bits per heavy atom. The number of aromatic nitrogens is 2. The lowest BCUT2D eigenvalue weighted by Gasteiger charge is -2.18. The largest absolute Gasteiger partial charge is 0.304 e. The van der Waals surface area contributed by atoms with E-state index in [4.69, 9.17) is 0 Å². The highest BCUT2D eigenvalue weighted by Crippen LogP contribution is 2.21. The van der Waals surface area contributed by atoms with Crippen LogP contribution in [0.15, 0.2) is 36.7 Å². The van der Waals surface area contributed by atoms with Crippen molar-refractivity contribution in [2.45, 2.75) is 26.3 Å². The summed E-state index contributed by atoms with van der Waals surface area (Å²) < 4.78 is 13.4. The van der Waals surface area contributed by atoms with E-state index in [1.807, 2.05) is 6.07 Å². The SMILES string of the molecule is CCCNC(c1ccc(F)c(C)c1)c1ncccn1. The van der Waals surface area contributed by atoms with Gasteiger partial charge in [0, 0.05) is 12.4 Å². The van der Waals surface area contributed by atoms with Crippen molar-refractivity contribution in [3.8, 4) is 0 Å². The summed E-state index contributed by atoms with van der Waals surface area (Å²) in [4.78, 5) is 8.59. The molecule has 1 atom stereocenters. The quantitative estimate of drug-likeness (QED) is 0.897. The van der Waals surface area contributed by atoms with Crippen LogP contribution in [0.4, 0.5) is 4.39 Å². The molecule has 0 radical (unpaired) electrons. The zero-order valence-corrected chi connectivity index (χ0v) is 11.2. The highest BCUT2D eigenvalue weighted by atomic mass is 19.1. The van der Waals surface area contributed by atoms with Crippen molar-refractivity contribution >= 4 is 0 Å². The minimum Gasteiger partial charge on any atom is -0.304 e. The van der Waals surface area contributed by atoms with E-state index in [0.29, 0.717) is 11.4 Å². The van der Waals surface area contributed by atoms with Gasteiger partial charge in [-0.3, -0.25) is 0 Å². The molecule has 0 saturated heterocycles. The van der Waals surface area contributed by atoms with E-state index in [1.54, 1.807) is 31.5 Å². The Hall–Kier alpha value is -1.81. The zero-order chi connectivity index (χ0) is 13.7. The van der Waals surface area contributed by atoms with Crippen LogP contribution < -0.4 is 5.32 Å². The molecule has 19 heavy (non-hydrogen) atoms. The maximum Gasteiger partial charge on any atom is 0.149 e. The van der Waals surface area contributed by atoms with E-state index in [-0.39, 0.29) is 11.9 Å². The first-order chi connectivity index (χ1) is 9.22. The van der Waals surface area contributed by atoms with Gasteiger partial charge < -0.3 is 5.32 Å². The van der Waals surface area contributed by atoms with Gasteiger partial charge in [-0.2, -0.15) is 0 Å². The third-order valence-electron chi connectivity index (χ3n) is 2.96. The molecule has 0 bridgehead atoms. The molecule has 2 aromatic rings. The fourth-order valence-electron chi connectivity index (χ4n) is 1.95. The predicted octanol–water partition coefficient (Wildman–Crippen LogP) is 3.01. The molecule has 1 N–H and O–H groups in total. The lowest BCUT2D eigenvalue weighted by atomic mass is 10.0. The Morgan fingerprint density at radius 3 is 2.63 bits per heavy atom. The van der Waals surface area contributed by atoms with Crippen molar-refractivity contribution < 1.29 is 4.39 Å². The van der Waals surface area contributed by atoms with Crippen molar-refractivity contribution in [2.75, 3.05) is 6.54 Å². The van der Waals surface area contributed by atoms with Crippen LogP contribution >= 0.6 is 0 Å². The van der Waals surface area contributed by atoms with Gasteiger partial charge in [0.05, 0.1) is 6.04 Å². The second kappa shape index (κ2) is 6.38. The van der Waals surface area contributed by atoms with Crippen LogP contribution in [0.3, 0.4) is 0 Å². The third-order valence-corrected chi connectivity index (χ3v) is 2.96. The number of hydrogen-bond acceptors (Lipinski definition) is 3. The third kappa shape index (κ3) is 3.35. The Morgan fingerprint density at radius 1 is 1.26 bits per heavy atom. The first kappa shape index (κ1) is 13.6. The first-order valence-corrected chi connectivity index (χ1v) is 6.48. The van der Waals surface area contributed by atoms with Gasteiger partial charge in [0.15, 0.2) is 0 Å². The number of halogens is 1. The molecular weight excluding hydrogens is 241 g/mol. The van der Waals surface area contributed by atoms with Crippen molar-refractivity contribution in [1.29, 1.82) is 0 Å². The minimum atomic E-state index is -0.188. The molecule has 4 heteroatoms. The summed E-state index contributed by atoms with van der Waals surface area (Å²) in [5, 5.41) is 3.40. The maximum atomic E-state index is 13.4. The Bertz CT molecular complexity index is 528. The van der Waals surface area contributed by atoms with Gasteiger partial charge in [0.2, 0.25) is 0 Å². The number of nitrogens with one attached hydrogen (secondary N) is 1. The molecule has 0 aliphatic carbocycles. The molecule has 0 spiro atoms. The number of aryl methyl sites for hydroxylation is 1. The second-order valence-electron chi connectivity index (χ2n) is 4.50.